The van der Waals surface area contributed by atoms with Crippen molar-refractivity contribution in [3.63, 3.8) is 0 Å². The molecule has 0 fully saturated rings. The zero-order chi connectivity index (χ0) is 30.7. The molecule has 5 aromatic rings. The molecule has 2 aromatic heterocycles. The molecule has 228 valence electrons. The maximum absolute atomic E-state index is 13.2. The molecule has 0 spiro atoms. The Labute approximate surface area is 263 Å². The molecule has 6 rings (SSSR count). The lowest BCUT2D eigenvalue weighted by atomic mass is 9.99. The van der Waals surface area contributed by atoms with Crippen LogP contribution in [-0.2, 0) is 30.8 Å². The maximum atomic E-state index is 13.2. The predicted octanol–water partition coefficient (Wildman–Crippen LogP) is 6.20. The van der Waals surface area contributed by atoms with Crippen LogP contribution in [0.15, 0.2) is 116 Å². The van der Waals surface area contributed by atoms with Gasteiger partial charge >= 0.3 is 0 Å². The number of ether oxygens (including phenoxy) is 3. The zero-order valence-electron chi connectivity index (χ0n) is 25.1. The second-order valence-corrected chi connectivity index (χ2v) is 10.9. The Balaban J connectivity index is 1.13. The first-order valence-corrected chi connectivity index (χ1v) is 15.2. The fraction of sp³-hybridized carbons (Fsp3) is 0.216. The summed E-state index contributed by atoms with van der Waals surface area (Å²) in [7, 11) is 0. The molecule has 0 unspecified atom stereocenters. The van der Waals surface area contributed by atoms with Gasteiger partial charge in [-0.25, -0.2) is 0 Å². The number of benzene rings is 3. The van der Waals surface area contributed by atoms with Crippen LogP contribution in [0.4, 0.5) is 0 Å². The summed E-state index contributed by atoms with van der Waals surface area (Å²) in [5.41, 5.74) is 5.92. The van der Waals surface area contributed by atoms with E-state index in [1.165, 1.54) is 5.56 Å². The van der Waals surface area contributed by atoms with Crippen molar-refractivity contribution in [2.45, 2.75) is 26.1 Å². The zero-order valence-corrected chi connectivity index (χ0v) is 25.1. The van der Waals surface area contributed by atoms with Crippen LogP contribution < -0.4 is 14.8 Å². The summed E-state index contributed by atoms with van der Waals surface area (Å²) < 4.78 is 17.9. The second-order valence-electron chi connectivity index (χ2n) is 10.9. The van der Waals surface area contributed by atoms with Crippen molar-refractivity contribution >= 4 is 5.91 Å². The van der Waals surface area contributed by atoms with Gasteiger partial charge in [0.15, 0.2) is 0 Å². The third kappa shape index (κ3) is 8.75. The van der Waals surface area contributed by atoms with E-state index in [1.807, 2.05) is 72.9 Å². The van der Waals surface area contributed by atoms with Crippen molar-refractivity contribution in [1.82, 2.24) is 20.2 Å². The highest BCUT2D eigenvalue weighted by atomic mass is 16.5. The molecule has 0 saturated heterocycles. The summed E-state index contributed by atoms with van der Waals surface area (Å²) >= 11 is 0. The first-order chi connectivity index (χ1) is 22.2. The molecule has 0 atom stereocenters. The standard InChI is InChI=1S/C37H36N4O4/c42-37(40-24-28-9-12-34(13-10-28)45-35-8-4-15-38-25-35)31-11-14-36-32(23-31)22-29-5-3-6-30(21-29)26-41(17-18-43-19-20-44-36)27-33-7-1-2-16-39-33/h1-16,21,23,25H,17-20,22,24,26-27H2,(H,40,42). The highest BCUT2D eigenvalue weighted by Gasteiger charge is 2.14. The minimum atomic E-state index is -0.143. The Kier molecular flexibility index (Phi) is 10.1. The van der Waals surface area contributed by atoms with E-state index in [0.717, 1.165) is 47.8 Å². The van der Waals surface area contributed by atoms with Gasteiger partial charge in [0.05, 0.1) is 25.1 Å². The van der Waals surface area contributed by atoms with Crippen LogP contribution in [0.2, 0.25) is 0 Å². The van der Waals surface area contributed by atoms with Gasteiger partial charge in [0.25, 0.3) is 5.91 Å². The average molecular weight is 601 g/mol. The average Bonchev–Trinajstić information content (AvgIpc) is 3.07. The fourth-order valence-electron chi connectivity index (χ4n) is 5.26. The van der Waals surface area contributed by atoms with E-state index in [2.05, 4.69) is 50.5 Å². The third-order valence-corrected chi connectivity index (χ3v) is 7.51. The van der Waals surface area contributed by atoms with Gasteiger partial charge in [-0.3, -0.25) is 19.7 Å². The maximum Gasteiger partial charge on any atom is 0.251 e. The van der Waals surface area contributed by atoms with E-state index in [9.17, 15) is 4.79 Å². The van der Waals surface area contributed by atoms with Crippen molar-refractivity contribution in [2.75, 3.05) is 26.4 Å². The highest BCUT2D eigenvalue weighted by Crippen LogP contribution is 2.25. The molecule has 0 saturated carbocycles. The summed E-state index contributed by atoms with van der Waals surface area (Å²) in [6.45, 7) is 4.23. The molecule has 3 aromatic carbocycles. The minimum Gasteiger partial charge on any atom is -0.491 e. The van der Waals surface area contributed by atoms with E-state index in [4.69, 9.17) is 14.2 Å². The molecular formula is C37H36N4O4. The van der Waals surface area contributed by atoms with Gasteiger partial charge in [-0.2, -0.15) is 0 Å². The molecule has 45 heavy (non-hydrogen) atoms. The number of aromatic nitrogens is 2. The number of carbonyl (C=O) groups excluding carboxylic acids is 1. The largest absolute Gasteiger partial charge is 0.491 e. The molecule has 1 aliphatic rings. The molecule has 0 radical (unpaired) electrons. The molecule has 1 N–H and O–H groups in total. The Morgan fingerprint density at radius 3 is 2.60 bits per heavy atom. The van der Waals surface area contributed by atoms with Gasteiger partial charge in [-0.05, 0) is 76.9 Å². The lowest BCUT2D eigenvalue weighted by Crippen LogP contribution is -2.28. The molecule has 1 aliphatic heterocycles. The summed E-state index contributed by atoms with van der Waals surface area (Å²) in [6.07, 6.45) is 5.84. The molecule has 3 heterocycles. The van der Waals surface area contributed by atoms with Gasteiger partial charge in [0.1, 0.15) is 23.9 Å². The quantitative estimate of drug-likeness (QED) is 0.238. The molecule has 8 nitrogen and oxygen atoms in total. The Hall–Kier alpha value is -5.05. The summed E-state index contributed by atoms with van der Waals surface area (Å²) in [6, 6.07) is 31.6. The van der Waals surface area contributed by atoms with Crippen molar-refractivity contribution in [2.24, 2.45) is 0 Å². The molecule has 0 aliphatic carbocycles. The molecule has 2 bridgehead atoms. The second kappa shape index (κ2) is 15.1. The number of nitrogens with one attached hydrogen (secondary N) is 1. The fourth-order valence-corrected chi connectivity index (χ4v) is 5.26. The summed E-state index contributed by atoms with van der Waals surface area (Å²) in [4.78, 5) is 24.2. The monoisotopic (exact) mass is 600 g/mol. The summed E-state index contributed by atoms with van der Waals surface area (Å²) in [5.74, 6) is 2.00. The van der Waals surface area contributed by atoms with Gasteiger partial charge in [-0.1, -0.05) is 42.5 Å². The predicted molar refractivity (Wildman–Crippen MR) is 172 cm³/mol. The van der Waals surface area contributed by atoms with E-state index in [0.29, 0.717) is 49.8 Å². The van der Waals surface area contributed by atoms with Crippen LogP contribution in [0.3, 0.4) is 0 Å². The SMILES string of the molecule is O=C(NCc1ccc(Oc2cccnc2)cc1)c1ccc2c(c1)Cc1cccc(c1)CN(Cc1ccccn1)CCOCCO2. The molecule has 1 amide bonds. The molecular weight excluding hydrogens is 564 g/mol. The smallest absolute Gasteiger partial charge is 0.251 e. The third-order valence-electron chi connectivity index (χ3n) is 7.51. The van der Waals surface area contributed by atoms with E-state index in [1.54, 1.807) is 12.4 Å². The topological polar surface area (TPSA) is 85.8 Å². The van der Waals surface area contributed by atoms with E-state index in [-0.39, 0.29) is 5.91 Å². The number of hydrogen-bond acceptors (Lipinski definition) is 7. The van der Waals surface area contributed by atoms with Crippen LogP contribution >= 0.6 is 0 Å². The van der Waals surface area contributed by atoms with Crippen molar-refractivity contribution in [3.8, 4) is 17.2 Å². The lowest BCUT2D eigenvalue weighted by molar-refractivity contribution is 0.0754. The van der Waals surface area contributed by atoms with Crippen molar-refractivity contribution < 1.29 is 19.0 Å². The van der Waals surface area contributed by atoms with Crippen LogP contribution in [0.5, 0.6) is 17.2 Å². The first-order valence-electron chi connectivity index (χ1n) is 15.2. The van der Waals surface area contributed by atoms with Crippen LogP contribution in [0, 0.1) is 0 Å². The van der Waals surface area contributed by atoms with Gasteiger partial charge in [0.2, 0.25) is 0 Å². The van der Waals surface area contributed by atoms with Crippen molar-refractivity contribution in [3.05, 3.63) is 149 Å². The number of carbonyl (C=O) groups is 1. The Morgan fingerprint density at radius 1 is 0.844 bits per heavy atom. The minimum absolute atomic E-state index is 0.143. The van der Waals surface area contributed by atoms with Crippen LogP contribution in [0.25, 0.3) is 0 Å². The Bertz CT molecular complexity index is 1680. The number of amides is 1. The first kappa shape index (κ1) is 30.0. The molecule has 8 heteroatoms. The van der Waals surface area contributed by atoms with Crippen LogP contribution in [0.1, 0.15) is 38.3 Å². The number of nitrogens with zero attached hydrogens (tertiary/aromatic N) is 3. The number of rotatable bonds is 7. The van der Waals surface area contributed by atoms with Crippen LogP contribution in [-0.4, -0.2) is 47.1 Å². The Morgan fingerprint density at radius 2 is 1.76 bits per heavy atom. The normalized spacial score (nSPS) is 14.0. The van der Waals surface area contributed by atoms with Gasteiger partial charge in [-0.15, -0.1) is 0 Å². The van der Waals surface area contributed by atoms with E-state index < -0.39 is 0 Å². The number of fused-ring (bicyclic) bond motifs is 3. The van der Waals surface area contributed by atoms with Crippen molar-refractivity contribution in [1.29, 1.82) is 0 Å². The van der Waals surface area contributed by atoms with E-state index >= 15 is 0 Å². The number of hydrogen-bond donors (Lipinski definition) is 1. The van der Waals surface area contributed by atoms with Gasteiger partial charge < -0.3 is 19.5 Å². The van der Waals surface area contributed by atoms with Gasteiger partial charge in [0, 0.05) is 50.6 Å². The lowest BCUT2D eigenvalue weighted by Gasteiger charge is -2.23. The highest BCUT2D eigenvalue weighted by molar-refractivity contribution is 5.94. The number of pyridine rings is 2. The summed E-state index contributed by atoms with van der Waals surface area (Å²) in [5, 5.41) is 3.04.